The van der Waals surface area contributed by atoms with E-state index in [0.29, 0.717) is 0 Å². The third kappa shape index (κ3) is 34.5. The molecule has 0 spiro atoms. The van der Waals surface area contributed by atoms with Gasteiger partial charge in [0.15, 0.2) is 0 Å². The van der Waals surface area contributed by atoms with Gasteiger partial charge in [-0.1, -0.05) is 257 Å². The summed E-state index contributed by atoms with van der Waals surface area (Å²) < 4.78 is 0. The Morgan fingerprint density at radius 1 is 0.373 bits per heavy atom. The minimum Gasteiger partial charge on any atom is -0.255 e. The second kappa shape index (κ2) is 42.9. The monoisotopic (exact) mass is 855 g/mol. The van der Waals surface area contributed by atoms with Gasteiger partial charge in [0, 0.05) is 22.7 Å². The van der Waals surface area contributed by atoms with Crippen LogP contribution in [-0.2, 0) is 29.3 Å². The molecule has 0 bridgehead atoms. The van der Waals surface area contributed by atoms with Gasteiger partial charge in [-0.25, -0.2) is 0 Å². The fourth-order valence-electron chi connectivity index (χ4n) is 8.50. The molecule has 2 aromatic rings. The van der Waals surface area contributed by atoms with Crippen LogP contribution in [0.25, 0.3) is 0 Å². The number of rotatable bonds is 42. The van der Waals surface area contributed by atoms with Crippen molar-refractivity contribution in [2.45, 2.75) is 271 Å². The molecule has 0 fully saturated rings. The van der Waals surface area contributed by atoms with Crippen molar-refractivity contribution in [1.29, 1.82) is 0 Å². The van der Waals surface area contributed by atoms with Crippen molar-refractivity contribution in [3.63, 3.8) is 0 Å². The number of aryl methyl sites for hydroxylation is 2. The summed E-state index contributed by atoms with van der Waals surface area (Å²) in [6, 6.07) is 17.9. The second-order valence-corrected chi connectivity index (χ2v) is 18.1. The van der Waals surface area contributed by atoms with Gasteiger partial charge in [0.05, 0.1) is 17.1 Å². The number of aliphatic imine (C=N–C) groups is 2. The van der Waals surface area contributed by atoms with Crippen molar-refractivity contribution >= 4 is 23.3 Å². The Hall–Kier alpha value is -1.73. The van der Waals surface area contributed by atoms with E-state index in [2.05, 4.69) is 69.3 Å². The zero-order valence-corrected chi connectivity index (χ0v) is 40.5. The van der Waals surface area contributed by atoms with E-state index >= 15 is 0 Å². The Bertz CT molecular complexity index is 1230. The first-order valence-electron chi connectivity index (χ1n) is 26.0. The van der Waals surface area contributed by atoms with Gasteiger partial charge in [0.2, 0.25) is 0 Å². The Labute approximate surface area is 378 Å². The van der Waals surface area contributed by atoms with Gasteiger partial charge in [0.25, 0.3) is 0 Å². The van der Waals surface area contributed by atoms with Gasteiger partial charge >= 0.3 is 0 Å². The third-order valence-electron chi connectivity index (χ3n) is 12.4. The maximum atomic E-state index is 5.12. The summed E-state index contributed by atoms with van der Waals surface area (Å²) in [7, 11) is 0. The zero-order valence-electron chi connectivity index (χ0n) is 39.5. The molecule has 0 atom stereocenters. The summed E-state index contributed by atoms with van der Waals surface area (Å²) in [6.07, 6.45) is 56.0. The summed E-state index contributed by atoms with van der Waals surface area (Å²) in [5, 5.41) is 0. The molecule has 2 rings (SSSR count). The average Bonchev–Trinajstić information content (AvgIpc) is 3.24. The van der Waals surface area contributed by atoms with E-state index in [0.717, 1.165) is 42.8 Å². The fraction of sp³-hybridized carbons (Fsp3) is 0.750. The second-order valence-electron chi connectivity index (χ2n) is 18.1. The molecule has 0 aromatic heterocycles. The van der Waals surface area contributed by atoms with Gasteiger partial charge in [-0.15, -0.1) is 0 Å². The van der Waals surface area contributed by atoms with Crippen molar-refractivity contribution < 1.29 is 16.5 Å². The first kappa shape index (κ1) is 55.3. The summed E-state index contributed by atoms with van der Waals surface area (Å²) in [5.74, 6) is 0. The van der Waals surface area contributed by atoms with E-state index in [1.54, 1.807) is 0 Å². The fourth-order valence-corrected chi connectivity index (χ4v) is 8.50. The number of benzene rings is 2. The molecule has 2 nitrogen and oxygen atoms in total. The molecule has 59 heavy (non-hydrogen) atoms. The molecule has 0 unspecified atom stereocenters. The van der Waals surface area contributed by atoms with Crippen LogP contribution >= 0.6 is 0 Å². The summed E-state index contributed by atoms with van der Waals surface area (Å²) in [5.41, 5.74) is 6.07. The molecule has 3 heteroatoms. The van der Waals surface area contributed by atoms with Crippen LogP contribution in [0.2, 0.25) is 0 Å². The van der Waals surface area contributed by atoms with Crippen LogP contribution < -0.4 is 0 Å². The van der Waals surface area contributed by atoms with Crippen LogP contribution in [0.1, 0.15) is 269 Å². The molecule has 0 aliphatic rings. The molecule has 0 amide bonds. The Balaban J connectivity index is 0.0000174. The molecule has 2 aromatic carbocycles. The van der Waals surface area contributed by atoms with E-state index in [1.165, 1.54) is 236 Å². The van der Waals surface area contributed by atoms with E-state index in [1.807, 2.05) is 6.21 Å². The topological polar surface area (TPSA) is 24.7 Å². The van der Waals surface area contributed by atoms with E-state index in [9.17, 15) is 0 Å². The maximum Gasteiger partial charge on any atom is 0.0636 e. The molecule has 0 aliphatic carbocycles. The normalized spacial score (nSPS) is 11.8. The Morgan fingerprint density at radius 3 is 1.03 bits per heavy atom. The molecular weight excluding hydrogens is 759 g/mol. The van der Waals surface area contributed by atoms with Gasteiger partial charge in [0.1, 0.15) is 0 Å². The maximum absolute atomic E-state index is 5.12. The Kier molecular flexibility index (Phi) is 40.2. The van der Waals surface area contributed by atoms with Crippen molar-refractivity contribution in [1.82, 2.24) is 0 Å². The number of hydrogen-bond donors (Lipinski definition) is 0. The first-order chi connectivity index (χ1) is 28.7. The smallest absolute Gasteiger partial charge is 0.0636 e. The van der Waals surface area contributed by atoms with Crippen molar-refractivity contribution in [2.24, 2.45) is 9.98 Å². The first-order valence-corrected chi connectivity index (χ1v) is 26.0. The number of unbranched alkanes of at least 4 members (excludes halogenated alkanes) is 33. The van der Waals surface area contributed by atoms with E-state index in [4.69, 9.17) is 9.98 Å². The van der Waals surface area contributed by atoms with Crippen LogP contribution in [0.3, 0.4) is 0 Å². The number of nitrogens with zero attached hydrogens (tertiary/aromatic N) is 2. The van der Waals surface area contributed by atoms with Crippen LogP contribution in [0.4, 0.5) is 11.4 Å². The third-order valence-corrected chi connectivity index (χ3v) is 12.4. The van der Waals surface area contributed by atoms with Gasteiger partial charge < -0.3 is 0 Å². The minimum absolute atomic E-state index is 0. The molecule has 0 N–H and O–H groups in total. The summed E-state index contributed by atoms with van der Waals surface area (Å²) >= 11 is 0. The standard InChI is InChI=1S/C56H96N2.Ni/c1-4-7-10-12-14-16-18-20-22-24-26-28-30-32-34-36-38-42-52-44-40-47-54(49-52)57-51-56(46-9-6-3)58-55-48-41-45-53(50-55)43-39-37-35-33-31-29-27-25-23-21-19-17-15-13-11-8-5-2;/h40-41,44-45,47-51H,4-39,42-43,46H2,1-3H3;/b57-51-,58-56+;. The van der Waals surface area contributed by atoms with Crippen LogP contribution in [-0.4, -0.2) is 11.9 Å². The van der Waals surface area contributed by atoms with Crippen molar-refractivity contribution in [2.75, 3.05) is 0 Å². The molecule has 0 saturated carbocycles. The molecule has 0 radical (unpaired) electrons. The predicted molar refractivity (Wildman–Crippen MR) is 263 cm³/mol. The minimum atomic E-state index is 0. The number of hydrogen-bond acceptors (Lipinski definition) is 2. The van der Waals surface area contributed by atoms with Crippen molar-refractivity contribution in [3.05, 3.63) is 59.7 Å². The molecule has 340 valence electrons. The van der Waals surface area contributed by atoms with Crippen molar-refractivity contribution in [3.8, 4) is 0 Å². The van der Waals surface area contributed by atoms with Crippen LogP contribution in [0, 0.1) is 0 Å². The van der Waals surface area contributed by atoms with Gasteiger partial charge in [-0.3, -0.25) is 9.98 Å². The average molecular weight is 856 g/mol. The summed E-state index contributed by atoms with van der Waals surface area (Å²) in [4.78, 5) is 10.1. The molecule has 0 heterocycles. The van der Waals surface area contributed by atoms with E-state index in [-0.39, 0.29) is 16.5 Å². The largest absolute Gasteiger partial charge is 0.255 e. The van der Waals surface area contributed by atoms with Gasteiger partial charge in [-0.2, -0.15) is 0 Å². The van der Waals surface area contributed by atoms with E-state index < -0.39 is 0 Å². The van der Waals surface area contributed by atoms with Crippen LogP contribution in [0.15, 0.2) is 58.5 Å². The zero-order chi connectivity index (χ0) is 41.2. The predicted octanol–water partition coefficient (Wildman–Crippen LogP) is 19.7. The molecule has 0 aliphatic heterocycles. The molecular formula is C56H96N2Ni. The van der Waals surface area contributed by atoms with Crippen LogP contribution in [0.5, 0.6) is 0 Å². The van der Waals surface area contributed by atoms with Gasteiger partial charge in [-0.05, 0) is 73.9 Å². The Morgan fingerprint density at radius 2 is 0.678 bits per heavy atom. The quantitative estimate of drug-likeness (QED) is 0.0361. The summed E-state index contributed by atoms with van der Waals surface area (Å²) in [6.45, 7) is 6.87. The SMILES string of the molecule is CCCCCCCCCCCCCCCCCCCc1cccc(/N=C\C(CCCC)=N\c2cccc(CCCCCCCCCCCCCCCCCCC)c2)c1.[Ni]. The molecule has 0 saturated heterocycles.